The number of carbonyl (C=O) groups excluding carboxylic acids is 1. The van der Waals surface area contributed by atoms with Gasteiger partial charge < -0.3 is 15.7 Å². The van der Waals surface area contributed by atoms with Gasteiger partial charge in [0, 0.05) is 23.8 Å². The molecule has 0 aliphatic heterocycles. The second kappa shape index (κ2) is 6.68. The maximum absolute atomic E-state index is 12.6. The molecule has 0 aliphatic carbocycles. The van der Waals surface area contributed by atoms with E-state index in [2.05, 4.69) is 15.6 Å². The molecule has 122 valence electrons. The topological polar surface area (TPSA) is 74.2 Å². The third kappa shape index (κ3) is 2.94. The summed E-state index contributed by atoms with van der Waals surface area (Å²) in [7, 11) is 1.78. The van der Waals surface area contributed by atoms with Crippen molar-refractivity contribution in [2.24, 2.45) is 0 Å². The maximum atomic E-state index is 12.6. The van der Waals surface area contributed by atoms with Crippen LogP contribution in [0.4, 0.5) is 11.4 Å². The molecule has 0 saturated heterocycles. The molecule has 1 heterocycles. The maximum Gasteiger partial charge on any atom is 0.257 e. The van der Waals surface area contributed by atoms with Crippen LogP contribution in [0.3, 0.4) is 0 Å². The fourth-order valence-electron chi connectivity index (χ4n) is 2.78. The molecule has 3 rings (SSSR count). The highest BCUT2D eigenvalue weighted by Gasteiger charge is 2.13. The van der Waals surface area contributed by atoms with E-state index >= 15 is 0 Å². The van der Waals surface area contributed by atoms with E-state index in [4.69, 9.17) is 0 Å². The van der Waals surface area contributed by atoms with Gasteiger partial charge in [-0.25, -0.2) is 0 Å². The Labute approximate surface area is 140 Å². The summed E-state index contributed by atoms with van der Waals surface area (Å²) in [4.78, 5) is 17.2. The largest absolute Gasteiger partial charge is 0.392 e. The number of anilines is 2. The first kappa shape index (κ1) is 16.0. The fourth-order valence-corrected chi connectivity index (χ4v) is 2.78. The number of rotatable bonds is 4. The molecule has 0 saturated carbocycles. The van der Waals surface area contributed by atoms with E-state index in [-0.39, 0.29) is 12.5 Å². The van der Waals surface area contributed by atoms with Gasteiger partial charge in [-0.2, -0.15) is 0 Å². The molecule has 0 fully saturated rings. The van der Waals surface area contributed by atoms with Gasteiger partial charge in [0.15, 0.2) is 0 Å². The molecule has 0 bridgehead atoms. The first-order valence-electron chi connectivity index (χ1n) is 7.72. The molecule has 1 aromatic heterocycles. The van der Waals surface area contributed by atoms with Gasteiger partial charge in [0.05, 0.1) is 23.4 Å². The first-order valence-corrected chi connectivity index (χ1v) is 7.72. The van der Waals surface area contributed by atoms with E-state index in [1.165, 1.54) is 0 Å². The van der Waals surface area contributed by atoms with Crippen LogP contribution in [0.1, 0.15) is 21.6 Å². The number of fused-ring (bicyclic) bond motifs is 1. The molecule has 0 unspecified atom stereocenters. The third-order valence-corrected chi connectivity index (χ3v) is 3.91. The van der Waals surface area contributed by atoms with Gasteiger partial charge in [-0.05, 0) is 36.8 Å². The summed E-state index contributed by atoms with van der Waals surface area (Å²) in [6.07, 6.45) is 0. The number of aliphatic hydroxyl groups is 1. The Morgan fingerprint density at radius 3 is 2.62 bits per heavy atom. The molecule has 3 N–H and O–H groups in total. The van der Waals surface area contributed by atoms with E-state index in [0.717, 1.165) is 22.3 Å². The van der Waals surface area contributed by atoms with Crippen LogP contribution in [0, 0.1) is 6.92 Å². The second-order valence-electron chi connectivity index (χ2n) is 5.53. The summed E-state index contributed by atoms with van der Waals surface area (Å²) in [6, 6.07) is 14.7. The highest BCUT2D eigenvalue weighted by molar-refractivity contribution is 6.11. The van der Waals surface area contributed by atoms with Gasteiger partial charge >= 0.3 is 0 Å². The average molecular weight is 321 g/mol. The minimum Gasteiger partial charge on any atom is -0.392 e. The number of aliphatic hydroxyl groups excluding tert-OH is 1. The third-order valence-electron chi connectivity index (χ3n) is 3.91. The Bertz CT molecular complexity index is 906. The Hall–Kier alpha value is -2.92. The van der Waals surface area contributed by atoms with Crippen LogP contribution in [0.25, 0.3) is 10.9 Å². The molecule has 5 heteroatoms. The molecular weight excluding hydrogens is 302 g/mol. The minimum absolute atomic E-state index is 0.0696. The summed E-state index contributed by atoms with van der Waals surface area (Å²) in [5.74, 6) is -0.207. The van der Waals surface area contributed by atoms with Crippen molar-refractivity contribution in [3.8, 4) is 0 Å². The van der Waals surface area contributed by atoms with Crippen molar-refractivity contribution in [3.05, 3.63) is 65.4 Å². The summed E-state index contributed by atoms with van der Waals surface area (Å²) in [5.41, 5.74) is 4.22. The number of amides is 1. The van der Waals surface area contributed by atoms with Crippen LogP contribution in [0.5, 0.6) is 0 Å². The van der Waals surface area contributed by atoms with Gasteiger partial charge in [0.1, 0.15) is 0 Å². The summed E-state index contributed by atoms with van der Waals surface area (Å²) in [6.45, 7) is 1.80. The number of aromatic nitrogens is 1. The molecule has 2 aromatic carbocycles. The Morgan fingerprint density at radius 2 is 1.88 bits per heavy atom. The zero-order chi connectivity index (χ0) is 17.1. The zero-order valence-corrected chi connectivity index (χ0v) is 13.6. The highest BCUT2D eigenvalue weighted by atomic mass is 16.3. The zero-order valence-electron chi connectivity index (χ0n) is 13.6. The lowest BCUT2D eigenvalue weighted by atomic mass is 10.1. The Balaban J connectivity index is 2.04. The first-order chi connectivity index (χ1) is 11.6. The van der Waals surface area contributed by atoms with Gasteiger partial charge in [-0.3, -0.25) is 9.78 Å². The number of nitrogens with zero attached hydrogens (tertiary/aromatic N) is 1. The molecule has 0 atom stereocenters. The van der Waals surface area contributed by atoms with Gasteiger partial charge in [0.2, 0.25) is 0 Å². The quantitative estimate of drug-likeness (QED) is 0.689. The van der Waals surface area contributed by atoms with Crippen LogP contribution < -0.4 is 10.6 Å². The van der Waals surface area contributed by atoms with Crippen molar-refractivity contribution >= 4 is 28.2 Å². The smallest absolute Gasteiger partial charge is 0.257 e. The summed E-state index contributed by atoms with van der Waals surface area (Å²) in [5, 5.41) is 16.3. The molecule has 1 amide bonds. The van der Waals surface area contributed by atoms with Crippen LogP contribution in [-0.4, -0.2) is 23.0 Å². The SMILES string of the molecule is CNc1ccccc1C(=O)Nc1cccc2c(CO)cc(C)nc12. The number of hydrogen-bond donors (Lipinski definition) is 3. The summed E-state index contributed by atoms with van der Waals surface area (Å²) >= 11 is 0. The number of pyridine rings is 1. The number of carbonyl (C=O) groups is 1. The van der Waals surface area contributed by atoms with Crippen LogP contribution >= 0.6 is 0 Å². The van der Waals surface area contributed by atoms with Crippen LogP contribution in [-0.2, 0) is 6.61 Å². The highest BCUT2D eigenvalue weighted by Crippen LogP contribution is 2.26. The van der Waals surface area contributed by atoms with E-state index in [0.29, 0.717) is 16.8 Å². The molecule has 3 aromatic rings. The van der Waals surface area contributed by atoms with Gasteiger partial charge in [0.25, 0.3) is 5.91 Å². The van der Waals surface area contributed by atoms with E-state index in [9.17, 15) is 9.90 Å². The monoisotopic (exact) mass is 321 g/mol. The molecule has 0 aliphatic rings. The lowest BCUT2D eigenvalue weighted by molar-refractivity contribution is 0.102. The molecule has 0 radical (unpaired) electrons. The number of aryl methyl sites for hydroxylation is 1. The molecule has 0 spiro atoms. The normalized spacial score (nSPS) is 10.6. The van der Waals surface area contributed by atoms with Crippen molar-refractivity contribution < 1.29 is 9.90 Å². The number of benzene rings is 2. The Kier molecular flexibility index (Phi) is 4.44. The second-order valence-corrected chi connectivity index (χ2v) is 5.53. The van der Waals surface area contributed by atoms with Crippen LogP contribution in [0.15, 0.2) is 48.5 Å². The summed E-state index contributed by atoms with van der Waals surface area (Å²) < 4.78 is 0. The molecular formula is C19H19N3O2. The van der Waals surface area contributed by atoms with E-state index in [1.807, 2.05) is 49.4 Å². The van der Waals surface area contributed by atoms with Crippen molar-refractivity contribution in [2.75, 3.05) is 17.7 Å². The fraction of sp³-hybridized carbons (Fsp3) is 0.158. The van der Waals surface area contributed by atoms with Crippen molar-refractivity contribution in [1.82, 2.24) is 4.98 Å². The van der Waals surface area contributed by atoms with Gasteiger partial charge in [-0.15, -0.1) is 0 Å². The lowest BCUT2D eigenvalue weighted by Gasteiger charge is -2.13. The molecule has 24 heavy (non-hydrogen) atoms. The predicted octanol–water partition coefficient (Wildman–Crippen LogP) is 3.33. The number of nitrogens with one attached hydrogen (secondary N) is 2. The van der Waals surface area contributed by atoms with E-state index < -0.39 is 0 Å². The van der Waals surface area contributed by atoms with Gasteiger partial charge in [-0.1, -0.05) is 24.3 Å². The number of para-hydroxylation sites is 2. The predicted molar refractivity (Wildman–Crippen MR) is 96.3 cm³/mol. The molecule has 5 nitrogen and oxygen atoms in total. The minimum atomic E-state index is -0.207. The van der Waals surface area contributed by atoms with E-state index in [1.54, 1.807) is 13.1 Å². The lowest BCUT2D eigenvalue weighted by Crippen LogP contribution is -2.14. The van der Waals surface area contributed by atoms with Crippen molar-refractivity contribution in [2.45, 2.75) is 13.5 Å². The van der Waals surface area contributed by atoms with Crippen molar-refractivity contribution in [3.63, 3.8) is 0 Å². The van der Waals surface area contributed by atoms with Crippen molar-refractivity contribution in [1.29, 1.82) is 0 Å². The van der Waals surface area contributed by atoms with Crippen LogP contribution in [0.2, 0.25) is 0 Å². The average Bonchev–Trinajstić information content (AvgIpc) is 2.61. The standard InChI is InChI=1S/C19H19N3O2/c1-12-10-13(11-23)14-7-5-9-17(18(14)21-12)22-19(24)15-6-3-4-8-16(15)20-2/h3-10,20,23H,11H2,1-2H3,(H,22,24). The Morgan fingerprint density at radius 1 is 1.12 bits per heavy atom. The number of hydrogen-bond acceptors (Lipinski definition) is 4.